The van der Waals surface area contributed by atoms with Crippen molar-refractivity contribution in [3.63, 3.8) is 0 Å². The zero-order chi connectivity index (χ0) is 20.0. The van der Waals surface area contributed by atoms with Crippen LogP contribution < -0.4 is 10.6 Å². The maximum atomic E-state index is 8.89. The second-order valence-corrected chi connectivity index (χ2v) is 8.24. The van der Waals surface area contributed by atoms with Crippen molar-refractivity contribution < 1.29 is 0 Å². The van der Waals surface area contributed by atoms with Crippen LogP contribution in [-0.4, -0.2) is 40.5 Å². The number of hydrogen-bond donors (Lipinski definition) is 2. The maximum absolute atomic E-state index is 8.89. The molecule has 0 unspecified atom stereocenters. The third-order valence-corrected chi connectivity index (χ3v) is 5.85. The van der Waals surface area contributed by atoms with Gasteiger partial charge in [0.25, 0.3) is 0 Å². The van der Waals surface area contributed by atoms with Gasteiger partial charge in [-0.15, -0.1) is 0 Å². The van der Waals surface area contributed by atoms with Crippen molar-refractivity contribution in [2.24, 2.45) is 4.99 Å². The highest BCUT2D eigenvalue weighted by Gasteiger charge is 2.01. The first-order valence-electron chi connectivity index (χ1n) is 9.10. The Labute approximate surface area is 175 Å². The van der Waals surface area contributed by atoms with Crippen molar-refractivity contribution >= 4 is 29.5 Å². The van der Waals surface area contributed by atoms with Crippen LogP contribution in [0.3, 0.4) is 0 Å². The molecule has 2 heterocycles. The molecule has 0 aliphatic heterocycles. The van der Waals surface area contributed by atoms with Crippen LogP contribution in [0, 0.1) is 25.3 Å². The Bertz CT molecular complexity index is 803. The minimum atomic E-state index is 0.534. The predicted octanol–water partition coefficient (Wildman–Crippen LogP) is 3.28. The molecular formula is C20H26N6S2. The van der Waals surface area contributed by atoms with Gasteiger partial charge in [-0.1, -0.05) is 12.1 Å². The zero-order valence-electron chi connectivity index (χ0n) is 16.3. The molecule has 0 bridgehead atoms. The molecule has 0 radical (unpaired) electrons. The Balaban J connectivity index is 1.64. The van der Waals surface area contributed by atoms with Crippen LogP contribution in [-0.2, 0) is 11.5 Å². The smallest absolute Gasteiger partial charge is 0.204 e. The van der Waals surface area contributed by atoms with Crippen LogP contribution in [0.15, 0.2) is 41.7 Å². The van der Waals surface area contributed by atoms with Gasteiger partial charge in [-0.25, -0.2) is 0 Å². The molecule has 28 heavy (non-hydrogen) atoms. The Morgan fingerprint density at radius 3 is 2.21 bits per heavy atom. The van der Waals surface area contributed by atoms with Gasteiger partial charge in [0.05, 0.1) is 17.9 Å². The number of aromatic nitrogens is 2. The van der Waals surface area contributed by atoms with E-state index in [1.54, 1.807) is 11.8 Å². The summed E-state index contributed by atoms with van der Waals surface area (Å²) >= 11 is 3.60. The Kier molecular flexibility index (Phi) is 10.3. The van der Waals surface area contributed by atoms with Gasteiger partial charge in [-0.3, -0.25) is 20.3 Å². The molecule has 0 saturated carbocycles. The fourth-order valence-electron chi connectivity index (χ4n) is 2.33. The van der Waals surface area contributed by atoms with Gasteiger partial charge in [0.2, 0.25) is 5.96 Å². The van der Waals surface area contributed by atoms with Gasteiger partial charge in [0, 0.05) is 41.9 Å². The Morgan fingerprint density at radius 2 is 1.64 bits per heavy atom. The van der Waals surface area contributed by atoms with Gasteiger partial charge in [-0.2, -0.15) is 28.8 Å². The number of nitrogens with one attached hydrogen (secondary N) is 2. The molecule has 0 aliphatic carbocycles. The summed E-state index contributed by atoms with van der Waals surface area (Å²) in [6, 6.07) is 8.06. The molecule has 148 valence electrons. The predicted molar refractivity (Wildman–Crippen MR) is 119 cm³/mol. The van der Waals surface area contributed by atoms with Crippen molar-refractivity contribution in [2.45, 2.75) is 25.4 Å². The molecule has 2 N–H and O–H groups in total. The van der Waals surface area contributed by atoms with E-state index in [-0.39, 0.29) is 0 Å². The topological polar surface area (TPSA) is 86.0 Å². The van der Waals surface area contributed by atoms with E-state index < -0.39 is 0 Å². The maximum Gasteiger partial charge on any atom is 0.204 e. The number of guanidine groups is 1. The Morgan fingerprint density at radius 1 is 1.04 bits per heavy atom. The lowest BCUT2D eigenvalue weighted by Crippen LogP contribution is -2.36. The monoisotopic (exact) mass is 414 g/mol. The number of nitriles is 1. The lowest BCUT2D eigenvalue weighted by Gasteiger charge is -2.08. The van der Waals surface area contributed by atoms with Crippen LogP contribution in [0.5, 0.6) is 0 Å². The minimum absolute atomic E-state index is 0.534. The summed E-state index contributed by atoms with van der Waals surface area (Å²) in [5.74, 6) is 4.08. The van der Waals surface area contributed by atoms with Crippen LogP contribution in [0.2, 0.25) is 0 Å². The fourth-order valence-corrected chi connectivity index (χ4v) is 4.08. The van der Waals surface area contributed by atoms with Crippen LogP contribution >= 0.6 is 23.5 Å². The van der Waals surface area contributed by atoms with Crippen molar-refractivity contribution in [3.8, 4) is 6.19 Å². The van der Waals surface area contributed by atoms with E-state index >= 15 is 0 Å². The number of rotatable bonds is 10. The summed E-state index contributed by atoms with van der Waals surface area (Å²) in [6.07, 6.45) is 5.60. The van der Waals surface area contributed by atoms with Gasteiger partial charge in [-0.05, 0) is 37.1 Å². The Hall–Kier alpha value is -2.24. The van der Waals surface area contributed by atoms with Crippen LogP contribution in [0.25, 0.3) is 0 Å². The van der Waals surface area contributed by atoms with Gasteiger partial charge >= 0.3 is 0 Å². The van der Waals surface area contributed by atoms with Crippen LogP contribution in [0.4, 0.5) is 0 Å². The third-order valence-electron chi connectivity index (χ3n) is 3.93. The third kappa shape index (κ3) is 8.19. The summed E-state index contributed by atoms with van der Waals surface area (Å²) in [4.78, 5) is 13.2. The summed E-state index contributed by atoms with van der Waals surface area (Å²) in [5, 5.41) is 14.7. The SMILES string of the molecule is Cc1cccnc1CSCCN=C(NC#N)NCCSCc1ncccc1C. The highest BCUT2D eigenvalue weighted by molar-refractivity contribution is 7.98. The first-order chi connectivity index (χ1) is 13.7. The fraction of sp³-hybridized carbons (Fsp3) is 0.400. The van der Waals surface area contributed by atoms with Crippen LogP contribution in [0.1, 0.15) is 22.5 Å². The van der Waals surface area contributed by atoms with Gasteiger partial charge in [0.1, 0.15) is 0 Å². The minimum Gasteiger partial charge on any atom is -0.355 e. The highest BCUT2D eigenvalue weighted by atomic mass is 32.2. The van der Waals surface area contributed by atoms with E-state index in [1.807, 2.05) is 42.5 Å². The lowest BCUT2D eigenvalue weighted by atomic mass is 10.2. The molecule has 0 fully saturated rings. The second kappa shape index (κ2) is 13.0. The number of aliphatic imine (C=N–C) groups is 1. The van der Waals surface area contributed by atoms with E-state index in [9.17, 15) is 0 Å². The van der Waals surface area contributed by atoms with Crippen molar-refractivity contribution in [1.29, 1.82) is 5.26 Å². The number of thioether (sulfide) groups is 2. The average Bonchev–Trinajstić information content (AvgIpc) is 2.70. The molecule has 0 aromatic carbocycles. The number of aryl methyl sites for hydroxylation is 2. The molecule has 6 nitrogen and oxygen atoms in total. The summed E-state index contributed by atoms with van der Waals surface area (Å²) < 4.78 is 0. The molecule has 2 aromatic heterocycles. The van der Waals surface area contributed by atoms with E-state index in [4.69, 9.17) is 5.26 Å². The lowest BCUT2D eigenvalue weighted by molar-refractivity contribution is 0.916. The number of hydrogen-bond acceptors (Lipinski definition) is 6. The molecule has 0 spiro atoms. The second-order valence-electron chi connectivity index (χ2n) is 6.03. The summed E-state index contributed by atoms with van der Waals surface area (Å²) in [5.41, 5.74) is 4.67. The highest BCUT2D eigenvalue weighted by Crippen LogP contribution is 2.13. The first kappa shape index (κ1) is 22.1. The van der Waals surface area contributed by atoms with Crippen molar-refractivity contribution in [2.75, 3.05) is 24.6 Å². The normalized spacial score (nSPS) is 11.1. The zero-order valence-corrected chi connectivity index (χ0v) is 17.9. The summed E-state index contributed by atoms with van der Waals surface area (Å²) in [6.45, 7) is 5.54. The van der Waals surface area contributed by atoms with Crippen molar-refractivity contribution in [1.82, 2.24) is 20.6 Å². The quantitative estimate of drug-likeness (QED) is 0.203. The molecular weight excluding hydrogens is 388 g/mol. The molecule has 0 saturated heterocycles. The summed E-state index contributed by atoms with van der Waals surface area (Å²) in [7, 11) is 0. The van der Waals surface area contributed by atoms with E-state index in [0.717, 1.165) is 40.9 Å². The number of nitrogens with zero attached hydrogens (tertiary/aromatic N) is 4. The average molecular weight is 415 g/mol. The molecule has 0 amide bonds. The molecule has 0 aliphatic rings. The number of pyridine rings is 2. The first-order valence-corrected chi connectivity index (χ1v) is 11.4. The molecule has 2 aromatic rings. The standard InChI is InChI=1S/C20H26N6S2/c1-16-5-3-7-22-18(16)13-27-11-9-24-20(26-15-21)25-10-12-28-14-19-17(2)6-4-8-23-19/h3-8H,9-14H2,1-2H3,(H2,24,25,26). The molecule has 0 atom stereocenters. The molecule has 2 rings (SSSR count). The van der Waals surface area contributed by atoms with Crippen molar-refractivity contribution in [3.05, 3.63) is 59.2 Å². The van der Waals surface area contributed by atoms with E-state index in [1.165, 1.54) is 11.1 Å². The van der Waals surface area contributed by atoms with E-state index in [0.29, 0.717) is 12.5 Å². The van der Waals surface area contributed by atoms with Gasteiger partial charge in [0.15, 0.2) is 6.19 Å². The van der Waals surface area contributed by atoms with E-state index in [2.05, 4.69) is 51.6 Å². The molecule has 8 heteroatoms. The largest absolute Gasteiger partial charge is 0.355 e. The van der Waals surface area contributed by atoms with Gasteiger partial charge < -0.3 is 5.32 Å².